The molecule has 4 nitrogen and oxygen atoms in total. The highest BCUT2D eigenvalue weighted by atomic mass is 19.4. The Hall–Kier alpha value is -2.05. The zero-order valence-corrected chi connectivity index (χ0v) is 17.5. The van der Waals surface area contributed by atoms with Gasteiger partial charge < -0.3 is 9.84 Å². The largest absolute Gasteiger partial charge is 0.481 e. The summed E-state index contributed by atoms with van der Waals surface area (Å²) in [6.45, 7) is 7.01. The lowest BCUT2D eigenvalue weighted by Gasteiger charge is -2.27. The molecule has 1 aromatic carbocycles. The summed E-state index contributed by atoms with van der Waals surface area (Å²) in [6, 6.07) is 10.3. The summed E-state index contributed by atoms with van der Waals surface area (Å²) in [7, 11) is 0. The van der Waals surface area contributed by atoms with Gasteiger partial charge in [-0.05, 0) is 46.5 Å². The second kappa shape index (κ2) is 10.6. The van der Waals surface area contributed by atoms with Crippen molar-refractivity contribution in [3.63, 3.8) is 0 Å². The SMILES string of the molecule is CC(C)(C)OC(=O)[C@H](CC1CC1)[C@@H](CCC(F)(F)F)C(=O)O.Cc1ccccc1. The molecule has 1 aliphatic carbocycles. The van der Waals surface area contributed by atoms with Gasteiger partial charge in [0.25, 0.3) is 0 Å². The fourth-order valence-electron chi connectivity index (χ4n) is 2.87. The molecule has 7 heteroatoms. The van der Waals surface area contributed by atoms with Crippen LogP contribution in [0.15, 0.2) is 30.3 Å². The Morgan fingerprint density at radius 3 is 2.00 bits per heavy atom. The zero-order valence-electron chi connectivity index (χ0n) is 17.5. The minimum absolute atomic E-state index is 0.213. The van der Waals surface area contributed by atoms with E-state index in [1.165, 1.54) is 5.56 Å². The van der Waals surface area contributed by atoms with Crippen LogP contribution in [-0.4, -0.2) is 28.8 Å². The number of hydrogen-bond donors (Lipinski definition) is 1. The summed E-state index contributed by atoms with van der Waals surface area (Å²) in [5, 5.41) is 9.25. The highest BCUT2D eigenvalue weighted by molar-refractivity contribution is 5.81. The molecular weight excluding hydrogens is 385 g/mol. The van der Waals surface area contributed by atoms with Gasteiger partial charge in [-0.3, -0.25) is 9.59 Å². The Morgan fingerprint density at radius 1 is 1.10 bits per heavy atom. The third-order valence-corrected chi connectivity index (χ3v) is 4.48. The molecule has 1 saturated carbocycles. The first-order chi connectivity index (χ1) is 13.3. The number of aliphatic carboxylic acids is 1. The lowest BCUT2D eigenvalue weighted by atomic mass is 9.84. The van der Waals surface area contributed by atoms with Gasteiger partial charge in [-0.25, -0.2) is 0 Å². The topological polar surface area (TPSA) is 63.6 Å². The molecule has 29 heavy (non-hydrogen) atoms. The van der Waals surface area contributed by atoms with Crippen LogP contribution in [0.1, 0.15) is 58.4 Å². The van der Waals surface area contributed by atoms with Crippen molar-refractivity contribution in [3.05, 3.63) is 35.9 Å². The molecule has 1 aromatic rings. The van der Waals surface area contributed by atoms with E-state index in [4.69, 9.17) is 4.74 Å². The molecule has 0 aromatic heterocycles. The average Bonchev–Trinajstić information content (AvgIpc) is 3.36. The maximum atomic E-state index is 12.4. The van der Waals surface area contributed by atoms with Crippen molar-refractivity contribution in [2.24, 2.45) is 17.8 Å². The Bertz CT molecular complexity index is 646. The average molecular weight is 416 g/mol. The molecule has 1 aliphatic rings. The molecule has 0 aliphatic heterocycles. The number of benzene rings is 1. The first kappa shape index (κ1) is 25.0. The van der Waals surface area contributed by atoms with Gasteiger partial charge in [0, 0.05) is 6.42 Å². The molecule has 0 bridgehead atoms. The van der Waals surface area contributed by atoms with Crippen LogP contribution in [0, 0.1) is 24.7 Å². The van der Waals surface area contributed by atoms with E-state index < -0.39 is 48.4 Å². The molecular formula is C22H31F3O4. The number of carbonyl (C=O) groups excluding carboxylic acids is 1. The lowest BCUT2D eigenvalue weighted by molar-refractivity contribution is -0.170. The predicted octanol–water partition coefficient (Wildman–Crippen LogP) is 5.78. The first-order valence-corrected chi connectivity index (χ1v) is 9.82. The van der Waals surface area contributed by atoms with Gasteiger partial charge in [0.1, 0.15) is 5.60 Å². The highest BCUT2D eigenvalue weighted by Crippen LogP contribution is 2.40. The van der Waals surface area contributed by atoms with Crippen molar-refractivity contribution in [2.45, 2.75) is 71.6 Å². The van der Waals surface area contributed by atoms with E-state index in [1.54, 1.807) is 20.8 Å². The molecule has 164 valence electrons. The third-order valence-electron chi connectivity index (χ3n) is 4.48. The number of esters is 1. The van der Waals surface area contributed by atoms with E-state index in [1.807, 2.05) is 18.2 Å². The van der Waals surface area contributed by atoms with Crippen LogP contribution in [0.25, 0.3) is 0 Å². The molecule has 0 unspecified atom stereocenters. The Kier molecular flexibility index (Phi) is 9.17. The second-order valence-corrected chi connectivity index (χ2v) is 8.57. The molecule has 0 heterocycles. The molecule has 0 spiro atoms. The van der Waals surface area contributed by atoms with Gasteiger partial charge >= 0.3 is 18.1 Å². The number of aryl methyl sites for hydroxylation is 1. The van der Waals surface area contributed by atoms with Crippen molar-refractivity contribution < 1.29 is 32.6 Å². The highest BCUT2D eigenvalue weighted by Gasteiger charge is 2.42. The summed E-state index contributed by atoms with van der Waals surface area (Å²) < 4.78 is 42.4. The Labute approximate surface area is 170 Å². The maximum Gasteiger partial charge on any atom is 0.389 e. The predicted molar refractivity (Wildman–Crippen MR) is 104 cm³/mol. The molecule has 2 rings (SSSR count). The Balaban J connectivity index is 0.000000502. The molecule has 0 radical (unpaired) electrons. The van der Waals surface area contributed by atoms with E-state index in [-0.39, 0.29) is 12.3 Å². The van der Waals surface area contributed by atoms with Crippen molar-refractivity contribution >= 4 is 11.9 Å². The first-order valence-electron chi connectivity index (χ1n) is 9.82. The molecule has 0 amide bonds. The molecule has 1 N–H and O–H groups in total. The summed E-state index contributed by atoms with van der Waals surface area (Å²) in [5.74, 6) is -4.26. The van der Waals surface area contributed by atoms with Crippen molar-refractivity contribution in [3.8, 4) is 0 Å². The van der Waals surface area contributed by atoms with Gasteiger partial charge in [0.05, 0.1) is 11.8 Å². The van der Waals surface area contributed by atoms with Crippen LogP contribution >= 0.6 is 0 Å². The van der Waals surface area contributed by atoms with E-state index >= 15 is 0 Å². The monoisotopic (exact) mass is 416 g/mol. The number of alkyl halides is 3. The third kappa shape index (κ3) is 11.5. The van der Waals surface area contributed by atoms with E-state index in [9.17, 15) is 27.9 Å². The lowest BCUT2D eigenvalue weighted by Crippen LogP contribution is -2.36. The van der Waals surface area contributed by atoms with E-state index in [2.05, 4.69) is 19.1 Å². The van der Waals surface area contributed by atoms with Crippen LogP contribution in [0.3, 0.4) is 0 Å². The molecule has 1 fully saturated rings. The van der Waals surface area contributed by atoms with Crippen molar-refractivity contribution in [1.82, 2.24) is 0 Å². The summed E-state index contributed by atoms with van der Waals surface area (Å²) in [5.41, 5.74) is 0.522. The van der Waals surface area contributed by atoms with Crippen LogP contribution in [0.2, 0.25) is 0 Å². The van der Waals surface area contributed by atoms with Crippen LogP contribution in [-0.2, 0) is 14.3 Å². The van der Waals surface area contributed by atoms with Crippen LogP contribution in [0.4, 0.5) is 13.2 Å². The minimum Gasteiger partial charge on any atom is -0.481 e. The van der Waals surface area contributed by atoms with E-state index in [0.717, 1.165) is 12.8 Å². The number of carboxylic acid groups (broad SMARTS) is 1. The van der Waals surface area contributed by atoms with Gasteiger partial charge in [0.15, 0.2) is 0 Å². The standard InChI is InChI=1S/C15H23F3O4.C7H8/c1-14(2,3)22-13(21)11(8-9-4-5-9)10(12(19)20)6-7-15(16,17)18;1-7-5-3-2-4-6-7/h9-11H,4-8H2,1-3H3,(H,19,20);2-6H,1H3/t10-,11-;/m1./s1. The number of hydrogen-bond acceptors (Lipinski definition) is 3. The maximum absolute atomic E-state index is 12.4. The van der Waals surface area contributed by atoms with Gasteiger partial charge in [-0.15, -0.1) is 0 Å². The number of carboxylic acids is 1. The fourth-order valence-corrected chi connectivity index (χ4v) is 2.87. The summed E-state index contributed by atoms with van der Waals surface area (Å²) in [4.78, 5) is 23.6. The second-order valence-electron chi connectivity index (χ2n) is 8.57. The Morgan fingerprint density at radius 2 is 1.66 bits per heavy atom. The number of ether oxygens (including phenoxy) is 1. The zero-order chi connectivity index (χ0) is 22.2. The van der Waals surface area contributed by atoms with Crippen molar-refractivity contribution in [1.29, 1.82) is 0 Å². The number of carbonyl (C=O) groups is 2. The van der Waals surface area contributed by atoms with Gasteiger partial charge in [-0.2, -0.15) is 13.2 Å². The van der Waals surface area contributed by atoms with Gasteiger partial charge in [-0.1, -0.05) is 48.7 Å². The van der Waals surface area contributed by atoms with E-state index in [0.29, 0.717) is 0 Å². The van der Waals surface area contributed by atoms with Crippen LogP contribution < -0.4 is 0 Å². The molecule has 0 saturated heterocycles. The normalized spacial score (nSPS) is 16.2. The van der Waals surface area contributed by atoms with Crippen molar-refractivity contribution in [2.75, 3.05) is 0 Å². The van der Waals surface area contributed by atoms with Gasteiger partial charge in [0.2, 0.25) is 0 Å². The number of halogens is 3. The number of rotatable bonds is 7. The van der Waals surface area contributed by atoms with Crippen LogP contribution in [0.5, 0.6) is 0 Å². The quantitative estimate of drug-likeness (QED) is 0.572. The molecule has 2 atom stereocenters. The fraction of sp³-hybridized carbons (Fsp3) is 0.636. The minimum atomic E-state index is -4.44. The smallest absolute Gasteiger partial charge is 0.389 e. The summed E-state index contributed by atoms with van der Waals surface area (Å²) >= 11 is 0. The summed E-state index contributed by atoms with van der Waals surface area (Å²) in [6.07, 6.45) is -4.21.